The average molecular weight is 288 g/mol. The molecule has 0 bridgehead atoms. The molecule has 1 atom stereocenters. The van der Waals surface area contributed by atoms with Gasteiger partial charge >= 0.3 is 17.9 Å². The van der Waals surface area contributed by atoms with Crippen molar-refractivity contribution < 1.29 is 34.8 Å². The van der Waals surface area contributed by atoms with E-state index in [1.165, 1.54) is 5.57 Å². The predicted octanol–water partition coefficient (Wildman–Crippen LogP) is 0.496. The van der Waals surface area contributed by atoms with Crippen LogP contribution < -0.4 is 0 Å². The number of carboxylic acids is 3. The van der Waals surface area contributed by atoms with Crippen LogP contribution in [-0.2, 0) is 14.4 Å². The second kappa shape index (κ2) is 7.34. The first-order valence-electron chi connectivity index (χ1n) is 5.54. The van der Waals surface area contributed by atoms with Crippen molar-refractivity contribution in [2.75, 3.05) is 0 Å². The van der Waals surface area contributed by atoms with Crippen LogP contribution in [0.1, 0.15) is 26.7 Å². The highest BCUT2D eigenvalue weighted by atomic mass is 16.4. The van der Waals surface area contributed by atoms with Crippen LogP contribution in [0, 0.1) is 0 Å². The van der Waals surface area contributed by atoms with E-state index >= 15 is 0 Å². The van der Waals surface area contributed by atoms with Gasteiger partial charge in [-0.3, -0.25) is 9.59 Å². The molecule has 0 amide bonds. The third-order valence-electron chi connectivity index (χ3n) is 2.45. The SMILES string of the molecule is CC1=CN=NC1C.O=C(O)CC(O)(CC(=O)O)C(=O)O. The van der Waals surface area contributed by atoms with Gasteiger partial charge in [-0.05, 0) is 19.4 Å². The van der Waals surface area contributed by atoms with Gasteiger partial charge in [0, 0.05) is 0 Å². The predicted molar refractivity (Wildman–Crippen MR) is 65.2 cm³/mol. The van der Waals surface area contributed by atoms with Crippen molar-refractivity contribution in [2.24, 2.45) is 10.2 Å². The summed E-state index contributed by atoms with van der Waals surface area (Å²) in [4.78, 5) is 30.5. The van der Waals surface area contributed by atoms with Crippen molar-refractivity contribution >= 4 is 17.9 Å². The smallest absolute Gasteiger partial charge is 0.336 e. The second-order valence-electron chi connectivity index (χ2n) is 4.26. The first-order chi connectivity index (χ1) is 9.08. The second-order valence-corrected chi connectivity index (χ2v) is 4.26. The number of hydrogen-bond donors (Lipinski definition) is 4. The van der Waals surface area contributed by atoms with Crippen molar-refractivity contribution in [2.45, 2.75) is 38.3 Å². The minimum Gasteiger partial charge on any atom is -0.481 e. The zero-order valence-corrected chi connectivity index (χ0v) is 11.0. The molecule has 1 unspecified atom stereocenters. The van der Waals surface area contributed by atoms with Crippen LogP contribution in [0.5, 0.6) is 0 Å². The van der Waals surface area contributed by atoms with Crippen LogP contribution in [0.4, 0.5) is 0 Å². The summed E-state index contributed by atoms with van der Waals surface area (Å²) in [7, 11) is 0. The highest BCUT2D eigenvalue weighted by molar-refractivity contribution is 5.88. The van der Waals surface area contributed by atoms with Gasteiger partial charge in [-0.1, -0.05) is 0 Å². The van der Waals surface area contributed by atoms with Gasteiger partial charge in [0.25, 0.3) is 0 Å². The van der Waals surface area contributed by atoms with Crippen molar-refractivity contribution in [3.05, 3.63) is 11.8 Å². The summed E-state index contributed by atoms with van der Waals surface area (Å²) in [6, 6.07) is 0.333. The van der Waals surface area contributed by atoms with Crippen LogP contribution in [0.3, 0.4) is 0 Å². The molecule has 1 aliphatic heterocycles. The Morgan fingerprint density at radius 1 is 1.20 bits per heavy atom. The number of carboxylic acid groups (broad SMARTS) is 3. The molecule has 0 radical (unpaired) electrons. The van der Waals surface area contributed by atoms with Crippen molar-refractivity contribution in [3.63, 3.8) is 0 Å². The summed E-state index contributed by atoms with van der Waals surface area (Å²) in [5, 5.41) is 41.4. The van der Waals surface area contributed by atoms with E-state index in [-0.39, 0.29) is 0 Å². The van der Waals surface area contributed by atoms with Gasteiger partial charge in [0.1, 0.15) is 0 Å². The number of aliphatic carboxylic acids is 3. The van der Waals surface area contributed by atoms with Crippen molar-refractivity contribution in [1.29, 1.82) is 0 Å². The summed E-state index contributed by atoms with van der Waals surface area (Å²) >= 11 is 0. The fourth-order valence-corrected chi connectivity index (χ4v) is 1.14. The lowest BCUT2D eigenvalue weighted by Gasteiger charge is -2.18. The van der Waals surface area contributed by atoms with Crippen LogP contribution in [0.25, 0.3) is 0 Å². The quantitative estimate of drug-likeness (QED) is 0.573. The Kier molecular flexibility index (Phi) is 6.50. The van der Waals surface area contributed by atoms with E-state index in [0.29, 0.717) is 6.04 Å². The van der Waals surface area contributed by atoms with Gasteiger partial charge in [0.05, 0.1) is 25.1 Å². The fourth-order valence-electron chi connectivity index (χ4n) is 1.14. The Labute approximate surface area is 114 Å². The van der Waals surface area contributed by atoms with E-state index in [4.69, 9.17) is 20.4 Å². The van der Waals surface area contributed by atoms with E-state index in [9.17, 15) is 14.4 Å². The molecule has 1 heterocycles. The summed E-state index contributed by atoms with van der Waals surface area (Å²) in [6.07, 6.45) is -0.492. The molecule has 1 aliphatic rings. The largest absolute Gasteiger partial charge is 0.481 e. The minimum atomic E-state index is -2.74. The summed E-state index contributed by atoms with van der Waals surface area (Å²) < 4.78 is 0. The molecule has 0 aromatic carbocycles. The Bertz CT molecular complexity index is 440. The zero-order valence-electron chi connectivity index (χ0n) is 11.0. The number of hydrogen-bond acceptors (Lipinski definition) is 6. The minimum absolute atomic E-state index is 0.333. The molecule has 112 valence electrons. The molecular formula is C11H16N2O7. The summed E-state index contributed by atoms with van der Waals surface area (Å²) in [5.41, 5.74) is -1.49. The molecule has 1 rings (SSSR count). The van der Waals surface area contributed by atoms with Gasteiger partial charge in [-0.2, -0.15) is 10.2 Å². The van der Waals surface area contributed by atoms with Crippen LogP contribution in [0.2, 0.25) is 0 Å². The third kappa shape index (κ3) is 6.05. The van der Waals surface area contributed by atoms with Gasteiger partial charge < -0.3 is 20.4 Å². The number of rotatable bonds is 5. The first-order valence-corrected chi connectivity index (χ1v) is 5.54. The lowest BCUT2D eigenvalue weighted by atomic mass is 9.96. The molecule has 0 saturated carbocycles. The average Bonchev–Trinajstić information content (AvgIpc) is 2.61. The van der Waals surface area contributed by atoms with Crippen LogP contribution in [-0.4, -0.2) is 50.0 Å². The molecule has 0 aromatic rings. The number of nitrogens with zero attached hydrogens (tertiary/aromatic N) is 2. The molecule has 0 aliphatic carbocycles. The summed E-state index contributed by atoms with van der Waals surface area (Å²) in [6.45, 7) is 4.06. The third-order valence-corrected chi connectivity index (χ3v) is 2.45. The number of aliphatic hydroxyl groups is 1. The molecule has 0 aromatic heterocycles. The maximum atomic E-state index is 10.3. The fraction of sp³-hybridized carbons (Fsp3) is 0.545. The maximum Gasteiger partial charge on any atom is 0.336 e. The molecule has 9 heteroatoms. The van der Waals surface area contributed by atoms with Gasteiger partial charge in [0.15, 0.2) is 5.60 Å². The highest BCUT2D eigenvalue weighted by Gasteiger charge is 2.40. The lowest BCUT2D eigenvalue weighted by Crippen LogP contribution is -2.42. The highest BCUT2D eigenvalue weighted by Crippen LogP contribution is 2.15. The Morgan fingerprint density at radius 2 is 1.65 bits per heavy atom. The van der Waals surface area contributed by atoms with Crippen molar-refractivity contribution in [1.82, 2.24) is 0 Å². The van der Waals surface area contributed by atoms with Gasteiger partial charge in [-0.25, -0.2) is 4.79 Å². The molecular weight excluding hydrogens is 272 g/mol. The van der Waals surface area contributed by atoms with E-state index in [0.717, 1.165) is 0 Å². The Hall–Kier alpha value is -2.29. The molecule has 20 heavy (non-hydrogen) atoms. The van der Waals surface area contributed by atoms with E-state index in [1.807, 2.05) is 13.8 Å². The standard InChI is InChI=1S/C6H8O7.C5H8N2/c7-3(8)1-6(13,5(11)12)2-4(9)10;1-4-3-6-7-5(4)2/h13H,1-2H2,(H,7,8)(H,9,10)(H,11,12);3,5H,1-2H3. The lowest BCUT2D eigenvalue weighted by molar-refractivity contribution is -0.170. The van der Waals surface area contributed by atoms with Crippen molar-refractivity contribution in [3.8, 4) is 0 Å². The molecule has 9 nitrogen and oxygen atoms in total. The van der Waals surface area contributed by atoms with E-state index in [1.54, 1.807) is 6.20 Å². The van der Waals surface area contributed by atoms with E-state index < -0.39 is 36.4 Å². The van der Waals surface area contributed by atoms with E-state index in [2.05, 4.69) is 10.2 Å². The number of azo groups is 1. The zero-order chi connectivity index (χ0) is 15.9. The monoisotopic (exact) mass is 288 g/mol. The molecule has 0 fully saturated rings. The Morgan fingerprint density at radius 3 is 1.80 bits per heavy atom. The first kappa shape index (κ1) is 17.7. The topological polar surface area (TPSA) is 157 Å². The molecule has 0 saturated heterocycles. The van der Waals surface area contributed by atoms with Gasteiger partial charge in [-0.15, -0.1) is 0 Å². The molecule has 0 spiro atoms. The van der Waals surface area contributed by atoms with Crippen LogP contribution >= 0.6 is 0 Å². The Balaban J connectivity index is 0.000000428. The number of carbonyl (C=O) groups is 3. The molecule has 4 N–H and O–H groups in total. The maximum absolute atomic E-state index is 10.3. The van der Waals surface area contributed by atoms with Gasteiger partial charge in [0.2, 0.25) is 0 Å². The normalized spacial score (nSPS) is 16.9. The van der Waals surface area contributed by atoms with Crippen LogP contribution in [0.15, 0.2) is 22.0 Å². The summed E-state index contributed by atoms with van der Waals surface area (Å²) in [5.74, 6) is -5.02.